The lowest BCUT2D eigenvalue weighted by Gasteiger charge is -2.25. The molecule has 1 aromatic heterocycles. The number of carbonyl (C=O) groups is 11. The number of anilines is 4. The zero-order valence-electron chi connectivity index (χ0n) is 66.9. The molecule has 0 bridgehead atoms. The number of benzene rings is 8. The number of hydrogen-bond acceptors (Lipinski definition) is 21. The molecule has 0 radical (unpaired) electrons. The SMILES string of the molecule is CC(C)(C)OC(=O)N1Cc2ccccc2N(C(=O)c2ccc(OCCO)cc2Cl)CC1=O.Cn1ccc(CN2Cc3ccccc3N(C(=O)c3ccc(OCCO)cc3Cl)CC2=O)n1.NC(=O)CN1Cc2ccccc2N(C(=O)c2ccc(OCCO)cc2Cl)CC1=O.O=C(O)CN1Cc2cc(F)ccc2N(C(=O)c2ccc(OCCO)cc2Cl)CC1=O. The Morgan fingerprint density at radius 2 is 0.764 bits per heavy atom. The third kappa shape index (κ3) is 24.3. The highest BCUT2D eigenvalue weighted by Gasteiger charge is 2.38. The number of nitrogens with zero attached hydrogens (tertiary/aromatic N) is 10. The molecule has 8 aromatic carbocycles. The van der Waals surface area contributed by atoms with Gasteiger partial charge < -0.3 is 69.7 Å². The fourth-order valence-electron chi connectivity index (χ4n) is 13.1. The average molecular weight is 1770 g/mol. The van der Waals surface area contributed by atoms with Gasteiger partial charge in [0.25, 0.3) is 29.5 Å². The molecule has 0 unspecified atom stereocenters. The molecule has 32 nitrogen and oxygen atoms in total. The van der Waals surface area contributed by atoms with E-state index in [2.05, 4.69) is 5.10 Å². The first-order valence-electron chi connectivity index (χ1n) is 38.0. The summed E-state index contributed by atoms with van der Waals surface area (Å²) >= 11 is 25.2. The second kappa shape index (κ2) is 42.7. The van der Waals surface area contributed by atoms with Crippen LogP contribution in [0.3, 0.4) is 0 Å². The van der Waals surface area contributed by atoms with E-state index in [0.29, 0.717) is 75.5 Å². The number of rotatable bonds is 22. The molecule has 10 amide bonds. The third-order valence-corrected chi connectivity index (χ3v) is 19.9. The van der Waals surface area contributed by atoms with Crippen LogP contribution in [0.4, 0.5) is 31.9 Å². The van der Waals surface area contributed by atoms with Gasteiger partial charge in [-0.15, -0.1) is 0 Å². The average Bonchev–Trinajstić information content (AvgIpc) is 1.70. The van der Waals surface area contributed by atoms with Crippen LogP contribution in [0.5, 0.6) is 23.0 Å². The highest BCUT2D eigenvalue weighted by Crippen LogP contribution is 2.37. The zero-order valence-corrected chi connectivity index (χ0v) is 69.9. The first-order chi connectivity index (χ1) is 58.8. The van der Waals surface area contributed by atoms with Gasteiger partial charge in [-0.2, -0.15) is 5.10 Å². The number of aromatic nitrogens is 2. The van der Waals surface area contributed by atoms with Crippen LogP contribution in [-0.2, 0) is 73.3 Å². The Morgan fingerprint density at radius 1 is 0.423 bits per heavy atom. The standard InChI is InChI=1S/C23H23ClN4O4.C23H25ClN2O6.C20H18ClFN2O6.C20H20ClN3O5/c1-26-9-8-17(25-26)14-27-13-16-4-2-3-5-21(16)28(15-22(27)30)23(31)19-7-6-18(12-20(19)24)32-11-10-29;1-23(2,3)32-22(30)26-13-15-6-4-5-7-19(15)25(14-20(26)28)21(29)17-9-8-16(12-18(17)24)31-11-10-27;21-16-8-14(30-6-5-25)2-3-15(16)20(29)24-10-18(26)23(11-19(27)28)9-12-7-13(22)1-4-17(12)24;21-16-9-14(29-8-7-25)5-6-15(16)20(28)24-12-19(27)23(11-18(22)26)10-13-3-1-2-4-17(13)24/h2-9,12,29H,10-11,13-15H2,1H3;4-9,12,27H,10-11,13-14H2,1-3H3;1-4,7-8,25H,5-6,9-11H2,(H,27,28);1-6,9,25H,7-8,10-12H2,(H2,22,26). The van der Waals surface area contributed by atoms with Crippen molar-refractivity contribution in [2.24, 2.45) is 12.8 Å². The van der Waals surface area contributed by atoms with Crippen molar-refractivity contribution in [3.05, 3.63) is 252 Å². The molecule has 646 valence electrons. The first kappa shape index (κ1) is 92.6. The number of carbonyl (C=O) groups excluding carboxylic acids is 10. The number of halogens is 5. The first-order valence-corrected chi connectivity index (χ1v) is 39.6. The molecular formula is C86H86Cl4FN11O21. The number of amides is 10. The lowest BCUT2D eigenvalue weighted by atomic mass is 10.1. The second-order valence-electron chi connectivity index (χ2n) is 28.6. The van der Waals surface area contributed by atoms with Crippen LogP contribution in [0.1, 0.15) is 90.2 Å². The number of primary amides is 1. The minimum absolute atomic E-state index is 0.0185. The molecule has 0 aliphatic carbocycles. The Balaban J connectivity index is 0.000000172. The molecule has 4 aliphatic rings. The maximum atomic E-state index is 13.8. The number of aliphatic hydroxyl groups excluding tert-OH is 4. The van der Waals surface area contributed by atoms with Gasteiger partial charge >= 0.3 is 12.1 Å². The van der Waals surface area contributed by atoms with E-state index in [1.807, 2.05) is 43.6 Å². The van der Waals surface area contributed by atoms with Crippen LogP contribution >= 0.6 is 46.4 Å². The fourth-order valence-corrected chi connectivity index (χ4v) is 14.1. The molecule has 123 heavy (non-hydrogen) atoms. The van der Waals surface area contributed by atoms with E-state index in [1.54, 1.807) is 103 Å². The Kier molecular flexibility index (Phi) is 32.1. The second-order valence-corrected chi connectivity index (χ2v) is 30.3. The number of fused-ring (bicyclic) bond motifs is 4. The summed E-state index contributed by atoms with van der Waals surface area (Å²) in [6, 6.07) is 45.2. The maximum absolute atomic E-state index is 13.8. The minimum atomic E-state index is -1.22. The molecule has 0 fully saturated rings. The summed E-state index contributed by atoms with van der Waals surface area (Å²) in [7, 11) is 1.83. The summed E-state index contributed by atoms with van der Waals surface area (Å²) in [6.45, 7) is 3.71. The number of imide groups is 1. The molecule has 0 spiro atoms. The van der Waals surface area contributed by atoms with E-state index in [-0.39, 0.29) is 153 Å². The normalized spacial score (nSPS) is 13.7. The van der Waals surface area contributed by atoms with Crippen molar-refractivity contribution in [2.45, 2.75) is 59.1 Å². The van der Waals surface area contributed by atoms with E-state index < -0.39 is 77.9 Å². The van der Waals surface area contributed by atoms with E-state index in [0.717, 1.165) is 38.1 Å². The summed E-state index contributed by atoms with van der Waals surface area (Å²) in [4.78, 5) is 150. The number of nitrogens with two attached hydrogens (primary N) is 1. The molecule has 4 aliphatic heterocycles. The Labute approximate surface area is 724 Å². The van der Waals surface area contributed by atoms with Gasteiger partial charge in [-0.1, -0.05) is 101 Å². The van der Waals surface area contributed by atoms with Crippen LogP contribution in [0, 0.1) is 5.82 Å². The molecule has 9 aromatic rings. The van der Waals surface area contributed by atoms with E-state index in [9.17, 15) is 57.1 Å². The predicted molar refractivity (Wildman–Crippen MR) is 450 cm³/mol. The fraction of sp³-hybridized carbons (Fsp3) is 0.279. The van der Waals surface area contributed by atoms with Gasteiger partial charge in [0.15, 0.2) is 0 Å². The van der Waals surface area contributed by atoms with Gasteiger partial charge in [0.1, 0.15) is 93.6 Å². The molecular weight excluding hydrogens is 1680 g/mol. The van der Waals surface area contributed by atoms with Crippen molar-refractivity contribution >= 4 is 134 Å². The Hall–Kier alpha value is -12.7. The van der Waals surface area contributed by atoms with Crippen molar-refractivity contribution in [1.29, 1.82) is 0 Å². The van der Waals surface area contributed by atoms with E-state index in [1.165, 1.54) is 74.2 Å². The number of carboxylic acids is 1. The van der Waals surface area contributed by atoms with Crippen molar-refractivity contribution in [3.8, 4) is 23.0 Å². The number of ether oxygens (including phenoxy) is 5. The molecule has 0 saturated carbocycles. The number of aryl methyl sites for hydroxylation is 1. The van der Waals surface area contributed by atoms with Crippen LogP contribution < -0.4 is 44.3 Å². The predicted octanol–water partition coefficient (Wildman–Crippen LogP) is 9.38. The van der Waals surface area contributed by atoms with Crippen LogP contribution in [-0.4, -0.2) is 218 Å². The molecule has 7 N–H and O–H groups in total. The van der Waals surface area contributed by atoms with Crippen molar-refractivity contribution in [1.82, 2.24) is 29.4 Å². The lowest BCUT2D eigenvalue weighted by Crippen LogP contribution is -2.44. The minimum Gasteiger partial charge on any atom is -0.491 e. The highest BCUT2D eigenvalue weighted by molar-refractivity contribution is 6.37. The van der Waals surface area contributed by atoms with Crippen molar-refractivity contribution in [3.63, 3.8) is 0 Å². The molecule has 0 atom stereocenters. The number of para-hydroxylation sites is 3. The zero-order chi connectivity index (χ0) is 88.9. The maximum Gasteiger partial charge on any atom is 0.417 e. The number of aliphatic carboxylic acids is 1. The van der Waals surface area contributed by atoms with Crippen LogP contribution in [0.2, 0.25) is 20.1 Å². The summed E-state index contributed by atoms with van der Waals surface area (Å²) < 4.78 is 42.1. The van der Waals surface area contributed by atoms with Gasteiger partial charge in [0, 0.05) is 55.6 Å². The summed E-state index contributed by atoms with van der Waals surface area (Å²) in [6.07, 6.45) is 1.06. The molecule has 13 rings (SSSR count). The Bertz CT molecular complexity index is 5440. The monoisotopic (exact) mass is 1770 g/mol. The topological polar surface area (TPSA) is 405 Å². The third-order valence-electron chi connectivity index (χ3n) is 18.6. The smallest absolute Gasteiger partial charge is 0.417 e. The van der Waals surface area contributed by atoms with E-state index in [4.69, 9.17) is 101 Å². The lowest BCUT2D eigenvalue weighted by molar-refractivity contribution is -0.144. The molecule has 0 saturated heterocycles. The molecule has 37 heteroatoms. The van der Waals surface area contributed by atoms with Crippen LogP contribution in [0.15, 0.2) is 176 Å². The highest BCUT2D eigenvalue weighted by atomic mass is 35.5. The van der Waals surface area contributed by atoms with Gasteiger partial charge in [-0.3, -0.25) is 72.2 Å². The van der Waals surface area contributed by atoms with Crippen LogP contribution in [0.25, 0.3) is 0 Å². The summed E-state index contributed by atoms with van der Waals surface area (Å²) in [5.74, 6) is -4.45. The quantitative estimate of drug-likeness (QED) is 0.0368. The molecule has 5 heterocycles. The summed E-state index contributed by atoms with van der Waals surface area (Å²) in [5, 5.41) is 49.5. The number of aliphatic hydroxyl groups is 4. The Morgan fingerprint density at radius 3 is 1.11 bits per heavy atom. The van der Waals surface area contributed by atoms with E-state index >= 15 is 0 Å². The number of hydrogen-bond donors (Lipinski definition) is 6. The summed E-state index contributed by atoms with van der Waals surface area (Å²) in [5.41, 5.74) is 10.5. The van der Waals surface area contributed by atoms with Gasteiger partial charge in [-0.05, 0) is 158 Å². The van der Waals surface area contributed by atoms with Crippen molar-refractivity contribution < 1.29 is 106 Å². The van der Waals surface area contributed by atoms with Gasteiger partial charge in [0.05, 0.1) is 94.1 Å². The van der Waals surface area contributed by atoms with Crippen molar-refractivity contribution in [2.75, 3.05) is 112 Å². The number of carboxylic acid groups (broad SMARTS) is 1. The largest absolute Gasteiger partial charge is 0.491 e. The van der Waals surface area contributed by atoms with Gasteiger partial charge in [0.2, 0.25) is 23.6 Å². The van der Waals surface area contributed by atoms with Gasteiger partial charge in [-0.25, -0.2) is 14.1 Å².